The van der Waals surface area contributed by atoms with Gasteiger partial charge < -0.3 is 10.2 Å². The molecule has 1 fully saturated rings. The van der Waals surface area contributed by atoms with E-state index in [2.05, 4.69) is 14.9 Å². The number of piperidine rings is 1. The predicted molar refractivity (Wildman–Crippen MR) is 131 cm³/mol. The molecule has 0 aliphatic carbocycles. The van der Waals surface area contributed by atoms with Gasteiger partial charge in [0.05, 0.1) is 15.8 Å². The summed E-state index contributed by atoms with van der Waals surface area (Å²) in [6.45, 7) is 3.92. The molecular formula is C23H29Cl2N3O3S. The average molecular weight is 498 g/mol. The number of halogens is 2. The molecule has 2 aromatic rings. The Balaban J connectivity index is 1.44. The largest absolute Gasteiger partial charge is 0.352 e. The molecule has 9 heteroatoms. The van der Waals surface area contributed by atoms with Crippen LogP contribution in [0.15, 0.2) is 42.5 Å². The molecule has 1 heterocycles. The van der Waals surface area contributed by atoms with Crippen LogP contribution in [0.1, 0.15) is 41.6 Å². The van der Waals surface area contributed by atoms with Crippen molar-refractivity contribution in [2.75, 3.05) is 36.7 Å². The lowest BCUT2D eigenvalue weighted by Gasteiger charge is -2.26. The zero-order valence-corrected chi connectivity index (χ0v) is 20.3. The van der Waals surface area contributed by atoms with E-state index in [1.54, 1.807) is 42.5 Å². The van der Waals surface area contributed by atoms with E-state index in [4.69, 9.17) is 23.2 Å². The number of nitrogens with zero attached hydrogens (tertiary/aromatic N) is 1. The fourth-order valence-electron chi connectivity index (χ4n) is 3.70. The van der Waals surface area contributed by atoms with E-state index in [1.807, 2.05) is 0 Å². The third-order valence-electron chi connectivity index (χ3n) is 5.48. The minimum atomic E-state index is -3.58. The number of nitrogens with one attached hydrogen (secondary N) is 2. The van der Waals surface area contributed by atoms with Gasteiger partial charge in [0.25, 0.3) is 5.91 Å². The molecule has 6 nitrogen and oxygen atoms in total. The van der Waals surface area contributed by atoms with Crippen LogP contribution in [0.2, 0.25) is 10.0 Å². The van der Waals surface area contributed by atoms with Crippen molar-refractivity contribution < 1.29 is 13.2 Å². The van der Waals surface area contributed by atoms with Gasteiger partial charge in [-0.15, -0.1) is 0 Å². The Morgan fingerprint density at radius 3 is 2.44 bits per heavy atom. The van der Waals surface area contributed by atoms with Crippen LogP contribution in [0, 0.1) is 0 Å². The highest BCUT2D eigenvalue weighted by atomic mass is 35.5. The molecule has 0 radical (unpaired) electrons. The number of hydrogen-bond donors (Lipinski definition) is 2. The second-order valence-corrected chi connectivity index (χ2v) is 10.6. The molecular weight excluding hydrogens is 469 g/mol. The van der Waals surface area contributed by atoms with E-state index in [1.165, 1.54) is 19.3 Å². The number of carbonyl (C=O) groups is 1. The fraction of sp³-hybridized carbons (Fsp3) is 0.435. The first-order valence-electron chi connectivity index (χ1n) is 10.9. The number of hydrogen-bond acceptors (Lipinski definition) is 4. The summed E-state index contributed by atoms with van der Waals surface area (Å²) in [4.78, 5) is 14.8. The second-order valence-electron chi connectivity index (χ2n) is 7.97. The van der Waals surface area contributed by atoms with Crippen molar-refractivity contribution in [1.29, 1.82) is 0 Å². The highest BCUT2D eigenvalue weighted by molar-refractivity contribution is 7.92. The quantitative estimate of drug-likeness (QED) is 0.470. The van der Waals surface area contributed by atoms with Gasteiger partial charge in [0.15, 0.2) is 0 Å². The van der Waals surface area contributed by atoms with Gasteiger partial charge in [-0.05, 0) is 81.2 Å². The molecule has 0 spiro atoms. The lowest BCUT2D eigenvalue weighted by Crippen LogP contribution is -2.33. The number of carbonyl (C=O) groups excluding carboxylic acids is 1. The first-order valence-corrected chi connectivity index (χ1v) is 13.3. The van der Waals surface area contributed by atoms with Crippen LogP contribution in [0.4, 0.5) is 5.69 Å². The van der Waals surface area contributed by atoms with Gasteiger partial charge in [-0.1, -0.05) is 41.8 Å². The van der Waals surface area contributed by atoms with Crippen LogP contribution in [-0.2, 0) is 16.4 Å². The van der Waals surface area contributed by atoms with Crippen molar-refractivity contribution in [3.63, 3.8) is 0 Å². The molecule has 1 aliphatic rings. The number of benzene rings is 2. The highest BCUT2D eigenvalue weighted by Gasteiger charge is 2.14. The maximum Gasteiger partial charge on any atom is 0.251 e. The first kappa shape index (κ1) is 24.8. The minimum absolute atomic E-state index is 0.133. The van der Waals surface area contributed by atoms with E-state index < -0.39 is 10.0 Å². The van der Waals surface area contributed by atoms with Crippen LogP contribution >= 0.6 is 23.2 Å². The summed E-state index contributed by atoms with van der Waals surface area (Å²) in [6, 6.07) is 11.6. The van der Waals surface area contributed by atoms with Crippen LogP contribution in [0.5, 0.6) is 0 Å². The summed E-state index contributed by atoms with van der Waals surface area (Å²) < 4.78 is 27.4. The van der Waals surface area contributed by atoms with E-state index >= 15 is 0 Å². The Morgan fingerprint density at radius 2 is 1.72 bits per heavy atom. The zero-order chi connectivity index (χ0) is 23.0. The van der Waals surface area contributed by atoms with E-state index in [0.29, 0.717) is 33.4 Å². The molecule has 174 valence electrons. The second kappa shape index (κ2) is 11.9. The van der Waals surface area contributed by atoms with Crippen molar-refractivity contribution >= 4 is 44.8 Å². The summed E-state index contributed by atoms with van der Waals surface area (Å²) in [6.07, 6.45) is 5.00. The van der Waals surface area contributed by atoms with Crippen molar-refractivity contribution in [3.8, 4) is 0 Å². The van der Waals surface area contributed by atoms with Gasteiger partial charge in [0.2, 0.25) is 10.0 Å². The molecule has 0 atom stereocenters. The van der Waals surface area contributed by atoms with Crippen molar-refractivity contribution in [2.45, 2.75) is 32.1 Å². The standard InChI is InChI=1S/C23H29Cl2N3O3S/c24-21-7-4-6-18(22(21)25)12-17-32(30,31)27-20-10-8-19(9-11-20)23(29)26-13-5-16-28-14-2-1-3-15-28/h4,6-11,27H,1-3,5,12-17H2,(H,26,29). The zero-order valence-electron chi connectivity index (χ0n) is 17.9. The van der Waals surface area contributed by atoms with Crippen LogP contribution in [0.25, 0.3) is 0 Å². The average Bonchev–Trinajstić information content (AvgIpc) is 2.78. The monoisotopic (exact) mass is 497 g/mol. The van der Waals surface area contributed by atoms with Gasteiger partial charge in [0.1, 0.15) is 0 Å². The summed E-state index contributed by atoms with van der Waals surface area (Å²) in [5.74, 6) is -0.291. The Bertz CT molecular complexity index is 1010. The van der Waals surface area contributed by atoms with E-state index in [0.717, 1.165) is 26.1 Å². The van der Waals surface area contributed by atoms with Crippen molar-refractivity contribution in [3.05, 3.63) is 63.6 Å². The molecule has 0 aromatic heterocycles. The van der Waals surface area contributed by atoms with Gasteiger partial charge in [-0.2, -0.15) is 0 Å². The third kappa shape index (κ3) is 7.66. The smallest absolute Gasteiger partial charge is 0.251 e. The van der Waals surface area contributed by atoms with Gasteiger partial charge >= 0.3 is 0 Å². The number of likely N-dealkylation sites (tertiary alicyclic amines) is 1. The Kier molecular flexibility index (Phi) is 9.22. The first-order chi connectivity index (χ1) is 15.3. The molecule has 2 N–H and O–H groups in total. The number of aryl methyl sites for hydroxylation is 1. The van der Waals surface area contributed by atoms with Gasteiger partial charge in [-0.3, -0.25) is 9.52 Å². The molecule has 2 aromatic carbocycles. The summed E-state index contributed by atoms with van der Waals surface area (Å²) >= 11 is 12.1. The van der Waals surface area contributed by atoms with Crippen LogP contribution in [-0.4, -0.2) is 51.2 Å². The third-order valence-corrected chi connectivity index (χ3v) is 7.62. The van der Waals surface area contributed by atoms with E-state index in [-0.39, 0.29) is 18.1 Å². The molecule has 0 saturated carbocycles. The van der Waals surface area contributed by atoms with Crippen LogP contribution in [0.3, 0.4) is 0 Å². The molecule has 32 heavy (non-hydrogen) atoms. The minimum Gasteiger partial charge on any atom is -0.352 e. The summed E-state index contributed by atoms with van der Waals surface area (Å²) in [5, 5.41) is 3.70. The molecule has 1 aliphatic heterocycles. The molecule has 0 bridgehead atoms. The Hall–Kier alpha value is -1.80. The molecule has 1 saturated heterocycles. The fourth-order valence-corrected chi connectivity index (χ4v) is 5.20. The topological polar surface area (TPSA) is 78.5 Å². The Morgan fingerprint density at radius 1 is 1.00 bits per heavy atom. The SMILES string of the molecule is O=C(NCCCN1CCCCC1)c1ccc(NS(=O)(=O)CCc2cccc(Cl)c2Cl)cc1. The maximum atomic E-state index is 12.4. The molecule has 3 rings (SSSR count). The van der Waals surface area contributed by atoms with Gasteiger partial charge in [-0.25, -0.2) is 8.42 Å². The lowest BCUT2D eigenvalue weighted by atomic mass is 10.1. The highest BCUT2D eigenvalue weighted by Crippen LogP contribution is 2.26. The summed E-state index contributed by atoms with van der Waals surface area (Å²) in [5.41, 5.74) is 1.58. The predicted octanol–water partition coefficient (Wildman–Crippen LogP) is 4.58. The maximum absolute atomic E-state index is 12.4. The van der Waals surface area contributed by atoms with Crippen molar-refractivity contribution in [2.24, 2.45) is 0 Å². The van der Waals surface area contributed by atoms with Gasteiger partial charge in [0, 0.05) is 17.8 Å². The molecule has 1 amide bonds. The number of sulfonamides is 1. The number of rotatable bonds is 10. The molecule has 0 unspecified atom stereocenters. The normalized spacial score (nSPS) is 14.8. The van der Waals surface area contributed by atoms with Crippen LogP contribution < -0.4 is 10.0 Å². The van der Waals surface area contributed by atoms with Crippen molar-refractivity contribution in [1.82, 2.24) is 10.2 Å². The number of amides is 1. The summed E-state index contributed by atoms with van der Waals surface area (Å²) in [7, 11) is -3.58. The van der Waals surface area contributed by atoms with E-state index in [9.17, 15) is 13.2 Å². The lowest BCUT2D eigenvalue weighted by molar-refractivity contribution is 0.0951. The number of anilines is 1. The Labute approximate surface area is 200 Å².